The third kappa shape index (κ3) is 5.26. The van der Waals surface area contributed by atoms with Gasteiger partial charge in [0.05, 0.1) is 11.6 Å². The van der Waals surface area contributed by atoms with Gasteiger partial charge in [-0.15, -0.1) is 0 Å². The van der Waals surface area contributed by atoms with Gasteiger partial charge in [-0.2, -0.15) is 0 Å². The second-order valence-electron chi connectivity index (χ2n) is 6.17. The normalized spacial score (nSPS) is 11.6. The number of hydrogen-bond acceptors (Lipinski definition) is 3. The van der Waals surface area contributed by atoms with Crippen molar-refractivity contribution in [2.24, 2.45) is 0 Å². The monoisotopic (exact) mass is 376 g/mol. The van der Waals surface area contributed by atoms with Crippen LogP contribution in [0.4, 0.5) is 8.78 Å². The molecule has 0 aliphatic heterocycles. The van der Waals surface area contributed by atoms with Crippen LogP contribution in [-0.4, -0.2) is 37.4 Å². The van der Waals surface area contributed by atoms with Gasteiger partial charge in [-0.25, -0.2) is 8.78 Å². The van der Waals surface area contributed by atoms with Crippen molar-refractivity contribution in [1.29, 1.82) is 0 Å². The Morgan fingerprint density at radius 1 is 1.15 bits per heavy atom. The first-order chi connectivity index (χ1) is 12.8. The van der Waals surface area contributed by atoms with E-state index < -0.39 is 23.6 Å². The molecule has 0 heterocycles. The highest BCUT2D eigenvalue weighted by Gasteiger charge is 2.20. The standard InChI is InChI=1S/C20H22F2N2O3/c1-4-17(23-20(26)14-10-9-13(21)11-16(14)22)15-7-5-6-8-18(15)27-12-19(25)24(2)3/h5-11,17H,4,12H2,1-3H3,(H,23,26)/t17-/m1/s1. The maximum absolute atomic E-state index is 13.9. The number of nitrogens with one attached hydrogen (secondary N) is 1. The van der Waals surface area contributed by atoms with Crippen LogP contribution in [0.2, 0.25) is 0 Å². The van der Waals surface area contributed by atoms with Crippen molar-refractivity contribution in [2.45, 2.75) is 19.4 Å². The van der Waals surface area contributed by atoms with Gasteiger partial charge in [0.1, 0.15) is 17.4 Å². The Morgan fingerprint density at radius 3 is 2.48 bits per heavy atom. The minimum Gasteiger partial charge on any atom is -0.483 e. The summed E-state index contributed by atoms with van der Waals surface area (Å²) in [6.45, 7) is 1.72. The highest BCUT2D eigenvalue weighted by Crippen LogP contribution is 2.27. The average molecular weight is 376 g/mol. The molecule has 1 atom stereocenters. The van der Waals surface area contributed by atoms with E-state index in [9.17, 15) is 18.4 Å². The summed E-state index contributed by atoms with van der Waals surface area (Å²) >= 11 is 0. The van der Waals surface area contributed by atoms with E-state index in [1.807, 2.05) is 6.92 Å². The van der Waals surface area contributed by atoms with Crippen molar-refractivity contribution >= 4 is 11.8 Å². The fourth-order valence-corrected chi connectivity index (χ4v) is 2.48. The van der Waals surface area contributed by atoms with Gasteiger partial charge in [-0.05, 0) is 24.6 Å². The van der Waals surface area contributed by atoms with E-state index in [-0.39, 0.29) is 18.1 Å². The predicted molar refractivity (Wildman–Crippen MR) is 97.5 cm³/mol. The maximum atomic E-state index is 13.9. The van der Waals surface area contributed by atoms with Gasteiger partial charge in [0, 0.05) is 25.7 Å². The van der Waals surface area contributed by atoms with Crippen molar-refractivity contribution in [2.75, 3.05) is 20.7 Å². The maximum Gasteiger partial charge on any atom is 0.259 e. The van der Waals surface area contributed by atoms with Crippen molar-refractivity contribution in [3.63, 3.8) is 0 Å². The predicted octanol–water partition coefficient (Wildman–Crippen LogP) is 3.31. The lowest BCUT2D eigenvalue weighted by Crippen LogP contribution is -2.30. The summed E-state index contributed by atoms with van der Waals surface area (Å²) < 4.78 is 32.5. The molecule has 1 N–H and O–H groups in total. The molecular formula is C20H22F2N2O3. The van der Waals surface area contributed by atoms with Gasteiger partial charge in [0.25, 0.3) is 11.8 Å². The van der Waals surface area contributed by atoms with Gasteiger partial charge in [0.2, 0.25) is 0 Å². The topological polar surface area (TPSA) is 58.6 Å². The van der Waals surface area contributed by atoms with Crippen LogP contribution in [0.1, 0.15) is 35.3 Å². The molecule has 0 radical (unpaired) electrons. The lowest BCUT2D eigenvalue weighted by molar-refractivity contribution is -0.130. The van der Waals surface area contributed by atoms with Crippen molar-refractivity contribution in [3.8, 4) is 5.75 Å². The van der Waals surface area contributed by atoms with Crippen LogP contribution in [-0.2, 0) is 4.79 Å². The SMILES string of the molecule is CC[C@@H](NC(=O)c1ccc(F)cc1F)c1ccccc1OCC(=O)N(C)C. The minimum absolute atomic E-state index is 0.138. The van der Waals surface area contributed by atoms with E-state index in [1.54, 1.807) is 38.4 Å². The Morgan fingerprint density at radius 2 is 1.85 bits per heavy atom. The highest BCUT2D eigenvalue weighted by atomic mass is 19.1. The van der Waals surface area contributed by atoms with E-state index in [2.05, 4.69) is 5.32 Å². The molecule has 144 valence electrons. The molecule has 5 nitrogen and oxygen atoms in total. The first-order valence-electron chi connectivity index (χ1n) is 8.51. The number of likely N-dealkylation sites (N-methyl/N-ethyl adjacent to an activating group) is 1. The van der Waals surface area contributed by atoms with Gasteiger partial charge in [-0.3, -0.25) is 9.59 Å². The fraction of sp³-hybridized carbons (Fsp3) is 0.300. The van der Waals surface area contributed by atoms with Crippen molar-refractivity contribution < 1.29 is 23.1 Å². The molecule has 7 heteroatoms. The molecule has 2 amide bonds. The number of carbonyl (C=O) groups excluding carboxylic acids is 2. The Bertz CT molecular complexity index is 825. The number of amides is 2. The number of hydrogen-bond donors (Lipinski definition) is 1. The summed E-state index contributed by atoms with van der Waals surface area (Å²) in [5.74, 6) is -2.07. The number of nitrogens with zero attached hydrogens (tertiary/aromatic N) is 1. The second kappa shape index (κ2) is 9.12. The lowest BCUT2D eigenvalue weighted by atomic mass is 10.0. The number of rotatable bonds is 7. The Hall–Kier alpha value is -2.96. The summed E-state index contributed by atoms with van der Waals surface area (Å²) in [7, 11) is 3.26. The van der Waals surface area contributed by atoms with Gasteiger partial charge in [0.15, 0.2) is 6.61 Å². The van der Waals surface area contributed by atoms with Crippen molar-refractivity contribution in [3.05, 3.63) is 65.2 Å². The first-order valence-corrected chi connectivity index (χ1v) is 8.51. The van der Waals surface area contributed by atoms with Crippen LogP contribution in [0.3, 0.4) is 0 Å². The molecule has 0 bridgehead atoms. The molecule has 0 aliphatic rings. The summed E-state index contributed by atoms with van der Waals surface area (Å²) in [6, 6.07) is 9.34. The minimum atomic E-state index is -0.927. The zero-order valence-electron chi connectivity index (χ0n) is 15.5. The summed E-state index contributed by atoms with van der Waals surface area (Å²) in [5, 5.41) is 2.73. The first kappa shape index (κ1) is 20.4. The highest BCUT2D eigenvalue weighted by molar-refractivity contribution is 5.94. The van der Waals surface area contributed by atoms with Crippen LogP contribution in [0.5, 0.6) is 5.75 Å². The van der Waals surface area contributed by atoms with Crippen molar-refractivity contribution in [1.82, 2.24) is 10.2 Å². The second-order valence-corrected chi connectivity index (χ2v) is 6.17. The van der Waals surface area contributed by atoms with Crippen LogP contribution < -0.4 is 10.1 Å². The zero-order valence-corrected chi connectivity index (χ0v) is 15.5. The third-order valence-electron chi connectivity index (χ3n) is 4.03. The molecule has 2 aromatic rings. The van der Waals surface area contributed by atoms with E-state index in [1.165, 1.54) is 4.90 Å². The molecule has 2 rings (SSSR count). The number of carbonyl (C=O) groups is 2. The molecule has 27 heavy (non-hydrogen) atoms. The summed E-state index contributed by atoms with van der Waals surface area (Å²) in [5.41, 5.74) is 0.429. The fourth-order valence-electron chi connectivity index (χ4n) is 2.48. The lowest BCUT2D eigenvalue weighted by Gasteiger charge is -2.21. The zero-order chi connectivity index (χ0) is 20.0. The molecule has 0 unspecified atom stereocenters. The van der Waals surface area contributed by atoms with E-state index in [0.29, 0.717) is 23.8 Å². The molecular weight excluding hydrogens is 354 g/mol. The van der Waals surface area contributed by atoms with Crippen LogP contribution in [0.15, 0.2) is 42.5 Å². The van der Waals surface area contributed by atoms with E-state index in [0.717, 1.165) is 12.1 Å². The van der Waals surface area contributed by atoms with Gasteiger partial charge in [-0.1, -0.05) is 25.1 Å². The van der Waals surface area contributed by atoms with Crippen LogP contribution >= 0.6 is 0 Å². The largest absolute Gasteiger partial charge is 0.483 e. The van der Waals surface area contributed by atoms with E-state index in [4.69, 9.17) is 4.74 Å². The van der Waals surface area contributed by atoms with E-state index >= 15 is 0 Å². The van der Waals surface area contributed by atoms with Gasteiger partial charge >= 0.3 is 0 Å². The molecule has 0 saturated carbocycles. The molecule has 0 aliphatic carbocycles. The Balaban J connectivity index is 2.19. The molecule has 0 spiro atoms. The van der Waals surface area contributed by atoms with Gasteiger partial charge < -0.3 is 15.0 Å². The molecule has 0 saturated heterocycles. The quantitative estimate of drug-likeness (QED) is 0.807. The summed E-state index contributed by atoms with van der Waals surface area (Å²) in [6.07, 6.45) is 0.510. The molecule has 0 aromatic heterocycles. The van der Waals surface area contributed by atoms with Crippen LogP contribution in [0.25, 0.3) is 0 Å². The Kier molecular flexibility index (Phi) is 6.87. The smallest absolute Gasteiger partial charge is 0.259 e. The summed E-state index contributed by atoms with van der Waals surface area (Å²) in [4.78, 5) is 25.6. The van der Waals surface area contributed by atoms with Crippen LogP contribution in [0, 0.1) is 11.6 Å². The number of benzene rings is 2. The Labute approximate surface area is 156 Å². The number of para-hydroxylation sites is 1. The third-order valence-corrected chi connectivity index (χ3v) is 4.03. The number of halogens is 2. The molecule has 0 fully saturated rings. The molecule has 2 aromatic carbocycles. The number of ether oxygens (including phenoxy) is 1. The average Bonchev–Trinajstić information content (AvgIpc) is 2.64.